The average Bonchev–Trinajstić information content (AvgIpc) is 1.68. The first kappa shape index (κ1) is 78.9. The summed E-state index contributed by atoms with van der Waals surface area (Å²) in [7, 11) is 0. The lowest BCUT2D eigenvalue weighted by Gasteiger charge is -2.24. The minimum absolute atomic E-state index is 0.000578. The maximum Gasteiger partial charge on any atom is 0.410 e. The highest BCUT2D eigenvalue weighted by Gasteiger charge is 2.43. The minimum atomic E-state index is -0.880. The van der Waals surface area contributed by atoms with Gasteiger partial charge in [-0.05, 0) is 167 Å². The number of anilines is 3. The van der Waals surface area contributed by atoms with Crippen LogP contribution >= 0.6 is 23.2 Å². The Hall–Kier alpha value is -11.9. The molecular weight excluding hydrogens is 1370 g/mol. The first-order chi connectivity index (χ1) is 50.4. The van der Waals surface area contributed by atoms with E-state index in [-0.39, 0.29) is 53.9 Å². The molecule has 105 heavy (non-hydrogen) atoms. The number of nitrogens with zero attached hydrogens (tertiary/aromatic N) is 5. The van der Waals surface area contributed by atoms with Gasteiger partial charge in [0, 0.05) is 92.3 Å². The quantitative estimate of drug-likeness (QED) is 0.0499. The maximum atomic E-state index is 13.4. The molecule has 3 heterocycles. The van der Waals surface area contributed by atoms with Crippen LogP contribution in [0.15, 0.2) is 237 Å². The molecule has 9 aromatic carbocycles. The van der Waals surface area contributed by atoms with E-state index in [0.717, 1.165) is 17.7 Å². The Kier molecular flexibility index (Phi) is 28.9. The molecule has 0 unspecified atom stereocenters. The number of hydrogen-bond acceptors (Lipinski definition) is 15. The van der Waals surface area contributed by atoms with Crippen molar-refractivity contribution in [2.45, 2.75) is 70.5 Å². The fourth-order valence-corrected chi connectivity index (χ4v) is 11.7. The van der Waals surface area contributed by atoms with Crippen molar-refractivity contribution in [1.29, 1.82) is 15.8 Å². The number of likely N-dealkylation sites (tertiary alicyclic amines) is 2. The van der Waals surface area contributed by atoms with Gasteiger partial charge in [0.15, 0.2) is 0 Å². The van der Waals surface area contributed by atoms with Gasteiger partial charge >= 0.3 is 18.2 Å². The third-order valence-electron chi connectivity index (χ3n) is 16.5. The fraction of sp³-hybridized carbons (Fsp3) is 0.253. The van der Waals surface area contributed by atoms with E-state index in [4.69, 9.17) is 68.4 Å². The van der Waals surface area contributed by atoms with Gasteiger partial charge in [0.05, 0.1) is 58.0 Å². The number of nitrogens with one attached hydrogen (secondary N) is 3. The number of amides is 4. The number of benzene rings is 9. The predicted octanol–water partition coefficient (Wildman–Crippen LogP) is 17.3. The van der Waals surface area contributed by atoms with Crippen molar-refractivity contribution in [2.24, 2.45) is 17.8 Å². The first-order valence-corrected chi connectivity index (χ1v) is 34.9. The number of nitrogen functional groups attached to an aromatic ring is 1. The summed E-state index contributed by atoms with van der Waals surface area (Å²) in [5.74, 6) is 1.36. The van der Waals surface area contributed by atoms with E-state index in [2.05, 4.69) is 46.3 Å². The number of nitrogens with two attached hydrogens (primary N) is 1. The molecule has 6 N–H and O–H groups in total. The van der Waals surface area contributed by atoms with Crippen LogP contribution in [0.4, 0.5) is 26.7 Å². The Labute approximate surface area is 622 Å². The lowest BCUT2D eigenvalue weighted by molar-refractivity contribution is -0.141. The number of carbonyl (C=O) groups is 5. The highest BCUT2D eigenvalue weighted by Crippen LogP contribution is 2.37. The van der Waals surface area contributed by atoms with E-state index in [9.17, 15) is 29.1 Å². The summed E-state index contributed by atoms with van der Waals surface area (Å²) in [6.07, 6.45) is -0.872. The normalized spacial score (nSPS) is 16.9. The topological polar surface area (TPSA) is 292 Å². The van der Waals surface area contributed by atoms with Crippen molar-refractivity contribution in [3.63, 3.8) is 0 Å². The van der Waals surface area contributed by atoms with Crippen molar-refractivity contribution in [3.8, 4) is 52.7 Å². The fourth-order valence-electron chi connectivity index (χ4n) is 11.7. The summed E-state index contributed by atoms with van der Waals surface area (Å²) in [6, 6.07) is 77.9. The van der Waals surface area contributed by atoms with Crippen LogP contribution in [0.5, 0.6) is 34.5 Å². The number of alkyl halides is 2. The van der Waals surface area contributed by atoms with Gasteiger partial charge < -0.3 is 60.3 Å². The second-order valence-corrected chi connectivity index (χ2v) is 27.4. The van der Waals surface area contributed by atoms with E-state index < -0.39 is 41.2 Å². The monoisotopic (exact) mass is 1450 g/mol. The maximum absolute atomic E-state index is 13.4. The molecule has 3 saturated heterocycles. The molecule has 540 valence electrons. The third kappa shape index (κ3) is 24.7. The molecule has 0 spiro atoms. The van der Waals surface area contributed by atoms with Gasteiger partial charge in [-0.2, -0.15) is 15.8 Å². The number of ether oxygens (including phenoxy) is 5. The van der Waals surface area contributed by atoms with Gasteiger partial charge in [0.2, 0.25) is 11.8 Å². The standard InChI is InChI=1S/C29H29N3O4.C24H21N3O2.C16H21NO4.C13H10N2O.CH2Cl2/c1-29(2,3)36-28(34)32-18-25(21-8-5-4-6-9-21)26(19-32)27(33)31-22-10-7-11-24(16-22)35-23-14-12-20(17-30)13-15-23;25-14-17-9-11-20(12-10-17)29-21-8-4-7-19(13-21)27-24(28)23-16-26-15-22(23)18-5-2-1-3-6-18;1-16(2,3)21-15(20)17-9-12(13(10-17)14(18)19)11-7-5-4-6-8-11;14-9-10-4-6-12(7-5-10)16-13-3-1-2-11(15)8-13;2-1-3/h4-16,25-26H,18-19H2,1-3H3,(H,31,33);1-13,22-23,26H,15-16H2,(H,27,28);4-8,12-13H,9-10H2,1-3H3,(H,18,19);1-8H,15H2;1H2/t25-,26+;22-,23+;12-,13+;;/m111../s1. The van der Waals surface area contributed by atoms with Crippen LogP contribution < -0.4 is 35.9 Å². The second-order valence-electron chi connectivity index (χ2n) is 26.6. The number of carbonyl (C=O) groups excluding carboxylic acids is 4. The Balaban J connectivity index is 0.000000182. The molecular formula is C83H83Cl2N9O11. The van der Waals surface area contributed by atoms with Gasteiger partial charge in [0.1, 0.15) is 45.7 Å². The molecule has 12 rings (SSSR count). The number of carboxylic acids is 1. The summed E-state index contributed by atoms with van der Waals surface area (Å²) in [4.78, 5) is 65.8. The highest BCUT2D eigenvalue weighted by atomic mass is 35.5. The van der Waals surface area contributed by atoms with Crippen LogP contribution in [0.25, 0.3) is 0 Å². The molecule has 3 fully saturated rings. The summed E-state index contributed by atoms with van der Waals surface area (Å²) in [5.41, 5.74) is 11.2. The van der Waals surface area contributed by atoms with E-state index in [0.29, 0.717) is 87.9 Å². The van der Waals surface area contributed by atoms with Crippen LogP contribution in [0.3, 0.4) is 0 Å². The van der Waals surface area contributed by atoms with Gasteiger partial charge in [-0.25, -0.2) is 9.59 Å². The van der Waals surface area contributed by atoms with E-state index in [1.165, 1.54) is 10.5 Å². The lowest BCUT2D eigenvalue weighted by atomic mass is 9.88. The van der Waals surface area contributed by atoms with Crippen molar-refractivity contribution in [2.75, 3.05) is 61.0 Å². The molecule has 9 aromatic rings. The highest BCUT2D eigenvalue weighted by molar-refractivity contribution is 6.40. The number of aliphatic carboxylic acids is 1. The molecule has 0 bridgehead atoms. The zero-order valence-electron chi connectivity index (χ0n) is 59.0. The summed E-state index contributed by atoms with van der Waals surface area (Å²) < 4.78 is 28.2. The molecule has 0 aliphatic carbocycles. The number of carboxylic acid groups (broad SMARTS) is 1. The summed E-state index contributed by atoms with van der Waals surface area (Å²) in [5, 5.41) is 45.4. The summed E-state index contributed by atoms with van der Waals surface area (Å²) >= 11 is 9.53. The van der Waals surface area contributed by atoms with Crippen LogP contribution in [0.2, 0.25) is 0 Å². The van der Waals surface area contributed by atoms with Gasteiger partial charge in [-0.1, -0.05) is 109 Å². The van der Waals surface area contributed by atoms with E-state index >= 15 is 0 Å². The largest absolute Gasteiger partial charge is 0.481 e. The molecule has 6 atom stereocenters. The van der Waals surface area contributed by atoms with Crippen LogP contribution in [0, 0.1) is 51.7 Å². The van der Waals surface area contributed by atoms with Crippen LogP contribution in [0.1, 0.15) is 92.7 Å². The SMILES string of the molecule is CC(C)(C)OC(=O)N1C[C@H](C(=O)Nc2cccc(Oc3ccc(C#N)cc3)c2)[C@@H](c2ccccc2)C1.CC(C)(C)OC(=O)N1C[C@H](C(=O)O)[C@@H](c2ccccc2)C1.ClCCl.N#Cc1ccc(Oc2cccc(N)c2)cc1.N#Cc1ccc(Oc2cccc(NC(=O)[C@H]3CNC[C@@H]3c3ccccc3)c2)cc1. The average molecular weight is 1450 g/mol. The Morgan fingerprint density at radius 2 is 0.790 bits per heavy atom. The van der Waals surface area contributed by atoms with Crippen molar-refractivity contribution in [1.82, 2.24) is 15.1 Å². The minimum Gasteiger partial charge on any atom is -0.481 e. The Morgan fingerprint density at radius 3 is 1.15 bits per heavy atom. The number of rotatable bonds is 14. The van der Waals surface area contributed by atoms with Crippen LogP contribution in [-0.2, 0) is 23.9 Å². The molecule has 4 amide bonds. The molecule has 20 nitrogen and oxygen atoms in total. The molecule has 22 heteroatoms. The van der Waals surface area contributed by atoms with E-state index in [1.54, 1.807) is 141 Å². The lowest BCUT2D eigenvalue weighted by Crippen LogP contribution is -2.36. The van der Waals surface area contributed by atoms with Gasteiger partial charge in [-0.15, -0.1) is 23.2 Å². The molecule has 3 aliphatic rings. The first-order valence-electron chi connectivity index (χ1n) is 33.8. The van der Waals surface area contributed by atoms with Gasteiger partial charge in [-0.3, -0.25) is 14.4 Å². The molecule has 3 aliphatic heterocycles. The molecule has 0 aromatic heterocycles. The number of hydrogen-bond donors (Lipinski definition) is 5. The smallest absolute Gasteiger partial charge is 0.410 e. The van der Waals surface area contributed by atoms with Crippen molar-refractivity contribution >= 4 is 70.2 Å². The zero-order chi connectivity index (χ0) is 75.5. The van der Waals surface area contributed by atoms with Gasteiger partial charge in [0.25, 0.3) is 0 Å². The van der Waals surface area contributed by atoms with Crippen molar-refractivity contribution in [3.05, 3.63) is 270 Å². The number of halogens is 2. The second kappa shape index (κ2) is 38.4. The summed E-state index contributed by atoms with van der Waals surface area (Å²) in [6.45, 7) is 13.5. The van der Waals surface area contributed by atoms with Crippen molar-refractivity contribution < 1.29 is 52.8 Å². The Morgan fingerprint density at radius 1 is 0.448 bits per heavy atom. The number of nitriles is 3. The zero-order valence-corrected chi connectivity index (χ0v) is 60.5. The molecule has 0 radical (unpaired) electrons. The predicted molar refractivity (Wildman–Crippen MR) is 405 cm³/mol. The Bertz CT molecular complexity index is 4470. The van der Waals surface area contributed by atoms with E-state index in [1.807, 2.05) is 130 Å². The third-order valence-corrected chi connectivity index (χ3v) is 16.5. The van der Waals surface area contributed by atoms with Crippen LogP contribution in [-0.4, -0.2) is 101 Å². The molecule has 0 saturated carbocycles.